The average molecular weight is 384 g/mol. The molecule has 1 heterocycles. The Morgan fingerprint density at radius 1 is 1.21 bits per heavy atom. The van der Waals surface area contributed by atoms with Gasteiger partial charge in [0.15, 0.2) is 5.13 Å². The zero-order valence-electron chi connectivity index (χ0n) is 10.3. The fraction of sp³-hybridized carbons (Fsp3) is 0.286. The molecule has 1 aliphatic carbocycles. The molecular weight excluding hydrogens is 371 g/mol. The van der Waals surface area contributed by atoms with E-state index in [9.17, 15) is 4.79 Å². The van der Waals surface area contributed by atoms with Crippen molar-refractivity contribution in [2.24, 2.45) is 0 Å². The van der Waals surface area contributed by atoms with Crippen LogP contribution in [0.3, 0.4) is 0 Å². The highest BCUT2D eigenvalue weighted by Gasteiger charge is 2.16. The second-order valence-electron chi connectivity index (χ2n) is 4.56. The largest absolute Gasteiger partial charge is 0.298 e. The summed E-state index contributed by atoms with van der Waals surface area (Å²) in [5.41, 5.74) is 1.85. The van der Waals surface area contributed by atoms with Gasteiger partial charge < -0.3 is 0 Å². The Morgan fingerprint density at radius 2 is 1.95 bits per heavy atom. The summed E-state index contributed by atoms with van der Waals surface area (Å²) in [7, 11) is 0. The van der Waals surface area contributed by atoms with Gasteiger partial charge in [-0.2, -0.15) is 0 Å². The van der Waals surface area contributed by atoms with Crippen molar-refractivity contribution in [2.75, 3.05) is 5.32 Å². The summed E-state index contributed by atoms with van der Waals surface area (Å²) < 4.78 is 1.12. The van der Waals surface area contributed by atoms with E-state index in [1.54, 1.807) is 11.3 Å². The number of rotatable bonds is 2. The highest BCUT2D eigenvalue weighted by Crippen LogP contribution is 2.29. The van der Waals surface area contributed by atoms with Crippen LogP contribution in [0.5, 0.6) is 0 Å². The van der Waals surface area contributed by atoms with Crippen molar-refractivity contribution in [3.8, 4) is 0 Å². The molecule has 0 radical (unpaired) electrons. The number of nitrogens with zero attached hydrogens (tertiary/aromatic N) is 1. The van der Waals surface area contributed by atoms with E-state index >= 15 is 0 Å². The van der Waals surface area contributed by atoms with Crippen LogP contribution in [0.1, 0.15) is 33.8 Å². The number of fused-ring (bicyclic) bond motifs is 1. The molecule has 1 amide bonds. The van der Waals surface area contributed by atoms with E-state index in [2.05, 4.69) is 32.9 Å². The molecule has 1 aromatic carbocycles. The Morgan fingerprint density at radius 3 is 2.68 bits per heavy atom. The van der Waals surface area contributed by atoms with Crippen LogP contribution >= 0.6 is 33.9 Å². The summed E-state index contributed by atoms with van der Waals surface area (Å²) in [6.07, 6.45) is 4.60. The summed E-state index contributed by atoms with van der Waals surface area (Å²) in [5, 5.41) is 3.63. The topological polar surface area (TPSA) is 42.0 Å². The molecule has 5 heteroatoms. The lowest BCUT2D eigenvalue weighted by molar-refractivity contribution is 0.102. The monoisotopic (exact) mass is 384 g/mol. The summed E-state index contributed by atoms with van der Waals surface area (Å²) in [5.74, 6) is -0.0810. The van der Waals surface area contributed by atoms with Crippen molar-refractivity contribution < 1.29 is 4.79 Å². The number of aryl methyl sites for hydroxylation is 2. The van der Waals surface area contributed by atoms with Crippen LogP contribution in [-0.2, 0) is 12.8 Å². The molecule has 0 saturated heterocycles. The van der Waals surface area contributed by atoms with Gasteiger partial charge in [-0.05, 0) is 72.5 Å². The van der Waals surface area contributed by atoms with Gasteiger partial charge in [0, 0.05) is 14.0 Å². The molecule has 0 fully saturated rings. The van der Waals surface area contributed by atoms with Crippen LogP contribution in [-0.4, -0.2) is 10.9 Å². The highest BCUT2D eigenvalue weighted by atomic mass is 127. The van der Waals surface area contributed by atoms with Gasteiger partial charge in [-0.3, -0.25) is 10.1 Å². The molecule has 19 heavy (non-hydrogen) atoms. The number of halogens is 1. The highest BCUT2D eigenvalue weighted by molar-refractivity contribution is 14.1. The van der Waals surface area contributed by atoms with Crippen LogP contribution < -0.4 is 5.32 Å². The molecule has 1 aromatic heterocycles. The maximum Gasteiger partial charge on any atom is 0.257 e. The van der Waals surface area contributed by atoms with Crippen molar-refractivity contribution in [3.63, 3.8) is 0 Å². The first-order valence-electron chi connectivity index (χ1n) is 6.28. The number of nitrogens with one attached hydrogen (secondary N) is 1. The predicted octanol–water partition coefficient (Wildman–Crippen LogP) is 3.88. The van der Waals surface area contributed by atoms with E-state index in [1.165, 1.54) is 23.4 Å². The normalized spacial score (nSPS) is 13.9. The molecule has 2 aromatic rings. The van der Waals surface area contributed by atoms with E-state index in [-0.39, 0.29) is 5.91 Å². The van der Waals surface area contributed by atoms with Gasteiger partial charge in [-0.25, -0.2) is 4.98 Å². The zero-order chi connectivity index (χ0) is 13.2. The first-order valence-corrected chi connectivity index (χ1v) is 8.17. The molecule has 0 bridgehead atoms. The van der Waals surface area contributed by atoms with Crippen molar-refractivity contribution in [1.82, 2.24) is 4.98 Å². The van der Waals surface area contributed by atoms with Gasteiger partial charge in [-0.1, -0.05) is 0 Å². The zero-order valence-corrected chi connectivity index (χ0v) is 13.3. The number of hydrogen-bond acceptors (Lipinski definition) is 3. The lowest BCUT2D eigenvalue weighted by atomic mass is 10.0. The Bertz CT molecular complexity index is 583. The third-order valence-electron chi connectivity index (χ3n) is 3.17. The molecule has 0 spiro atoms. The van der Waals surface area contributed by atoms with E-state index < -0.39 is 0 Å². The number of thiazole rings is 1. The minimum atomic E-state index is -0.0810. The first kappa shape index (κ1) is 13.1. The van der Waals surface area contributed by atoms with E-state index in [4.69, 9.17) is 0 Å². The van der Waals surface area contributed by atoms with Gasteiger partial charge in [-0.15, -0.1) is 11.3 Å². The predicted molar refractivity (Wildman–Crippen MR) is 85.9 cm³/mol. The van der Waals surface area contributed by atoms with E-state index in [0.29, 0.717) is 5.56 Å². The fourth-order valence-corrected chi connectivity index (χ4v) is 3.58. The fourth-order valence-electron chi connectivity index (χ4n) is 2.18. The average Bonchev–Trinajstić information content (AvgIpc) is 2.81. The van der Waals surface area contributed by atoms with Crippen LogP contribution in [0.2, 0.25) is 0 Å². The number of carbonyl (C=O) groups is 1. The van der Waals surface area contributed by atoms with Gasteiger partial charge in [0.1, 0.15) is 0 Å². The van der Waals surface area contributed by atoms with Crippen LogP contribution in [0, 0.1) is 3.57 Å². The third kappa shape index (κ3) is 2.97. The quantitative estimate of drug-likeness (QED) is 0.799. The van der Waals surface area contributed by atoms with E-state index in [1.807, 2.05) is 24.3 Å². The molecule has 0 aliphatic heterocycles. The van der Waals surface area contributed by atoms with Crippen LogP contribution in [0.4, 0.5) is 5.13 Å². The Hall–Kier alpha value is -0.950. The molecule has 0 unspecified atom stereocenters. The SMILES string of the molecule is O=C(Nc1nc2c(s1)CCCC2)c1ccc(I)cc1. The van der Waals surface area contributed by atoms with Gasteiger partial charge >= 0.3 is 0 Å². The Labute approximate surface area is 129 Å². The summed E-state index contributed by atoms with van der Waals surface area (Å²) in [6, 6.07) is 7.54. The van der Waals surface area contributed by atoms with Gasteiger partial charge in [0.25, 0.3) is 5.91 Å². The maximum atomic E-state index is 12.1. The molecule has 98 valence electrons. The number of anilines is 1. The summed E-state index contributed by atoms with van der Waals surface area (Å²) in [6.45, 7) is 0. The molecule has 1 aliphatic rings. The maximum absolute atomic E-state index is 12.1. The van der Waals surface area contributed by atoms with E-state index in [0.717, 1.165) is 21.5 Å². The lowest BCUT2D eigenvalue weighted by Crippen LogP contribution is -2.11. The first-order chi connectivity index (χ1) is 9.22. The van der Waals surface area contributed by atoms with Crippen molar-refractivity contribution >= 4 is 45.0 Å². The van der Waals surface area contributed by atoms with Crippen LogP contribution in [0.15, 0.2) is 24.3 Å². The lowest BCUT2D eigenvalue weighted by Gasteiger charge is -2.06. The molecule has 0 saturated carbocycles. The number of aromatic nitrogens is 1. The number of benzene rings is 1. The smallest absolute Gasteiger partial charge is 0.257 e. The summed E-state index contributed by atoms with van der Waals surface area (Å²) >= 11 is 3.84. The second-order valence-corrected chi connectivity index (χ2v) is 6.89. The molecular formula is C14H13IN2OS. The molecule has 3 nitrogen and oxygen atoms in total. The molecule has 3 rings (SSSR count). The van der Waals surface area contributed by atoms with Crippen LogP contribution in [0.25, 0.3) is 0 Å². The standard InChI is InChI=1S/C14H13IN2OS/c15-10-7-5-9(6-8-10)13(18)17-14-16-11-3-1-2-4-12(11)19-14/h5-8H,1-4H2,(H,16,17,18). The molecule has 1 N–H and O–H groups in total. The van der Waals surface area contributed by atoms with Gasteiger partial charge in [0.2, 0.25) is 0 Å². The number of carbonyl (C=O) groups excluding carboxylic acids is 1. The summed E-state index contributed by atoms with van der Waals surface area (Å²) in [4.78, 5) is 17.9. The number of amides is 1. The Balaban J connectivity index is 1.75. The van der Waals surface area contributed by atoms with Crippen molar-refractivity contribution in [1.29, 1.82) is 0 Å². The third-order valence-corrected chi connectivity index (χ3v) is 4.96. The van der Waals surface area contributed by atoms with Gasteiger partial charge in [0.05, 0.1) is 5.69 Å². The minimum Gasteiger partial charge on any atom is -0.298 e. The van der Waals surface area contributed by atoms with Crippen molar-refractivity contribution in [3.05, 3.63) is 44.0 Å². The second kappa shape index (κ2) is 5.58. The Kier molecular flexibility index (Phi) is 3.83. The van der Waals surface area contributed by atoms with Crippen molar-refractivity contribution in [2.45, 2.75) is 25.7 Å². The minimum absolute atomic E-state index is 0.0810. The number of hydrogen-bond donors (Lipinski definition) is 1. The molecule has 0 atom stereocenters.